The van der Waals surface area contributed by atoms with Crippen molar-refractivity contribution in [1.29, 1.82) is 0 Å². The number of benzene rings is 1. The average molecular weight is 303 g/mol. The first-order chi connectivity index (χ1) is 10.3. The maximum absolute atomic E-state index is 12.8. The molecule has 0 aromatic heterocycles. The van der Waals surface area contributed by atoms with E-state index < -0.39 is 16.4 Å². The minimum absolute atomic E-state index is 0.253. The Balaban J connectivity index is 1.87. The Morgan fingerprint density at radius 1 is 1.18 bits per heavy atom. The fourth-order valence-electron chi connectivity index (χ4n) is 3.65. The topological polar surface area (TPSA) is 64.6 Å². The molecule has 1 aliphatic carbocycles. The van der Waals surface area contributed by atoms with Gasteiger partial charge in [-0.3, -0.25) is 9.59 Å². The molecule has 1 heterocycles. The van der Waals surface area contributed by atoms with Gasteiger partial charge in [-0.2, -0.15) is 0 Å². The van der Waals surface area contributed by atoms with Crippen LogP contribution < -0.4 is 10.1 Å². The molecule has 2 aliphatic rings. The molecule has 2 fully saturated rings. The van der Waals surface area contributed by atoms with E-state index >= 15 is 0 Å². The van der Waals surface area contributed by atoms with Crippen LogP contribution >= 0.6 is 0 Å². The molecule has 1 N–H and O–H groups in total. The van der Waals surface area contributed by atoms with Gasteiger partial charge in [0.2, 0.25) is 0 Å². The summed E-state index contributed by atoms with van der Waals surface area (Å²) in [5, 5.41) is 2.88. The van der Waals surface area contributed by atoms with Crippen LogP contribution in [0.15, 0.2) is 24.3 Å². The van der Waals surface area contributed by atoms with E-state index in [-0.39, 0.29) is 11.9 Å². The molecule has 5 nitrogen and oxygen atoms in total. The zero-order valence-corrected chi connectivity index (χ0v) is 13.4. The number of hydrogen-bond acceptors (Lipinski definition) is 4. The number of carbonyl (C=O) groups excluding carboxylic acids is 2. The first-order valence-corrected chi connectivity index (χ1v) is 7.46. The summed E-state index contributed by atoms with van der Waals surface area (Å²) in [5.41, 5.74) is -1.55. The predicted molar refractivity (Wildman–Crippen MR) is 81.6 cm³/mol. The Hall–Kier alpha value is -2.04. The van der Waals surface area contributed by atoms with Gasteiger partial charge in [0.15, 0.2) is 5.60 Å². The van der Waals surface area contributed by atoms with Crippen LogP contribution in [-0.2, 0) is 14.3 Å². The smallest absolute Gasteiger partial charge is 0.313 e. The highest BCUT2D eigenvalue weighted by Crippen LogP contribution is 2.65. The van der Waals surface area contributed by atoms with Crippen molar-refractivity contribution >= 4 is 17.6 Å². The number of rotatable bonds is 3. The van der Waals surface area contributed by atoms with Crippen LogP contribution in [0.4, 0.5) is 5.69 Å². The molecule has 2 atom stereocenters. The summed E-state index contributed by atoms with van der Waals surface area (Å²) in [6.07, 6.45) is 1.24. The predicted octanol–water partition coefficient (Wildman–Crippen LogP) is 2.76. The Kier molecular flexibility index (Phi) is 3.03. The van der Waals surface area contributed by atoms with Gasteiger partial charge in [0, 0.05) is 11.1 Å². The molecule has 3 rings (SSSR count). The second-order valence-corrected chi connectivity index (χ2v) is 6.86. The molecule has 1 aromatic carbocycles. The summed E-state index contributed by atoms with van der Waals surface area (Å²) < 4.78 is 10.7. The quantitative estimate of drug-likeness (QED) is 0.872. The van der Waals surface area contributed by atoms with Gasteiger partial charge in [-0.05, 0) is 44.0 Å². The van der Waals surface area contributed by atoms with Crippen LogP contribution in [0.25, 0.3) is 0 Å². The van der Waals surface area contributed by atoms with Crippen molar-refractivity contribution in [3.63, 3.8) is 0 Å². The highest BCUT2D eigenvalue weighted by Gasteiger charge is 2.75. The normalized spacial score (nSPS) is 31.7. The molecule has 1 aromatic rings. The number of fused-ring (bicyclic) bond motifs is 2. The number of esters is 1. The molecule has 1 aliphatic heterocycles. The first kappa shape index (κ1) is 14.9. The van der Waals surface area contributed by atoms with Crippen molar-refractivity contribution in [2.45, 2.75) is 39.2 Å². The minimum Gasteiger partial charge on any atom is -0.497 e. The monoisotopic (exact) mass is 303 g/mol. The molecule has 118 valence electrons. The van der Waals surface area contributed by atoms with E-state index in [1.165, 1.54) is 0 Å². The number of nitrogens with one attached hydrogen (secondary N) is 1. The molecule has 22 heavy (non-hydrogen) atoms. The molecule has 1 amide bonds. The summed E-state index contributed by atoms with van der Waals surface area (Å²) in [4.78, 5) is 25.0. The zero-order chi connectivity index (χ0) is 16.2. The fraction of sp³-hybridized carbons (Fsp3) is 0.529. The van der Waals surface area contributed by atoms with Gasteiger partial charge in [0.1, 0.15) is 5.75 Å². The number of amides is 1. The van der Waals surface area contributed by atoms with Crippen LogP contribution in [0.3, 0.4) is 0 Å². The summed E-state index contributed by atoms with van der Waals surface area (Å²) >= 11 is 0. The van der Waals surface area contributed by atoms with Gasteiger partial charge in [-0.25, -0.2) is 0 Å². The average Bonchev–Trinajstić information content (AvgIpc) is 2.78. The van der Waals surface area contributed by atoms with E-state index in [1.807, 2.05) is 20.8 Å². The summed E-state index contributed by atoms with van der Waals surface area (Å²) in [7, 11) is 1.59. The highest BCUT2D eigenvalue weighted by molar-refractivity contribution is 6.03. The second kappa shape index (κ2) is 4.48. The highest BCUT2D eigenvalue weighted by atomic mass is 16.6. The molecule has 1 saturated carbocycles. The van der Waals surface area contributed by atoms with E-state index in [4.69, 9.17) is 9.47 Å². The largest absolute Gasteiger partial charge is 0.497 e. The van der Waals surface area contributed by atoms with Crippen molar-refractivity contribution < 1.29 is 19.1 Å². The number of methoxy groups -OCH3 is 1. The summed E-state index contributed by atoms with van der Waals surface area (Å²) in [5.74, 6) is 0.197. The molecular formula is C17H21NO4. The third-order valence-corrected chi connectivity index (χ3v) is 5.80. The first-order valence-electron chi connectivity index (χ1n) is 7.46. The molecule has 5 heteroatoms. The lowest BCUT2D eigenvalue weighted by Gasteiger charge is -2.35. The maximum Gasteiger partial charge on any atom is 0.313 e. The van der Waals surface area contributed by atoms with Crippen molar-refractivity contribution in [2.24, 2.45) is 10.8 Å². The van der Waals surface area contributed by atoms with Crippen molar-refractivity contribution in [3.8, 4) is 5.75 Å². The fourth-order valence-corrected chi connectivity index (χ4v) is 3.65. The molecule has 0 radical (unpaired) electrons. The van der Waals surface area contributed by atoms with Crippen LogP contribution in [0.1, 0.15) is 33.6 Å². The van der Waals surface area contributed by atoms with Crippen LogP contribution in [0.2, 0.25) is 0 Å². The van der Waals surface area contributed by atoms with E-state index in [0.29, 0.717) is 18.5 Å². The lowest BCUT2D eigenvalue weighted by molar-refractivity contribution is -0.165. The van der Waals surface area contributed by atoms with Gasteiger partial charge in [-0.1, -0.05) is 13.8 Å². The van der Waals surface area contributed by atoms with E-state index in [9.17, 15) is 9.59 Å². The SMILES string of the molecule is COc1ccc(NC(=O)[C@]23CC[C@@](C)(C(=O)O2)C3(C)C)cc1. The van der Waals surface area contributed by atoms with Crippen LogP contribution in [0.5, 0.6) is 5.75 Å². The van der Waals surface area contributed by atoms with E-state index in [1.54, 1.807) is 31.4 Å². The Morgan fingerprint density at radius 2 is 1.82 bits per heavy atom. The summed E-state index contributed by atoms with van der Waals surface area (Å²) in [6, 6.07) is 7.09. The van der Waals surface area contributed by atoms with Gasteiger partial charge in [-0.15, -0.1) is 0 Å². The number of ether oxygens (including phenoxy) is 2. The van der Waals surface area contributed by atoms with Gasteiger partial charge in [0.25, 0.3) is 5.91 Å². The summed E-state index contributed by atoms with van der Waals surface area (Å²) in [6.45, 7) is 5.78. The lowest BCUT2D eigenvalue weighted by atomic mass is 9.66. The van der Waals surface area contributed by atoms with Crippen molar-refractivity contribution in [2.75, 3.05) is 12.4 Å². The van der Waals surface area contributed by atoms with Crippen LogP contribution in [0, 0.1) is 10.8 Å². The van der Waals surface area contributed by atoms with Gasteiger partial charge < -0.3 is 14.8 Å². The molecule has 1 saturated heterocycles. The third kappa shape index (κ3) is 1.65. The minimum atomic E-state index is -1.08. The second-order valence-electron chi connectivity index (χ2n) is 6.86. The molecular weight excluding hydrogens is 282 g/mol. The van der Waals surface area contributed by atoms with Crippen LogP contribution in [-0.4, -0.2) is 24.6 Å². The van der Waals surface area contributed by atoms with Crippen molar-refractivity contribution in [3.05, 3.63) is 24.3 Å². The van der Waals surface area contributed by atoms with Gasteiger partial charge in [0.05, 0.1) is 12.5 Å². The number of anilines is 1. The molecule has 2 bridgehead atoms. The lowest BCUT2D eigenvalue weighted by Crippen LogP contribution is -2.50. The zero-order valence-electron chi connectivity index (χ0n) is 13.4. The van der Waals surface area contributed by atoms with Gasteiger partial charge >= 0.3 is 5.97 Å². The maximum atomic E-state index is 12.8. The van der Waals surface area contributed by atoms with Crippen molar-refractivity contribution in [1.82, 2.24) is 0 Å². The van der Waals surface area contributed by atoms with E-state index in [0.717, 1.165) is 5.75 Å². The number of hydrogen-bond donors (Lipinski definition) is 1. The Bertz CT molecular complexity index is 637. The third-order valence-electron chi connectivity index (χ3n) is 5.80. The molecule has 0 unspecified atom stereocenters. The molecule has 0 spiro atoms. The van der Waals surface area contributed by atoms with E-state index in [2.05, 4.69) is 5.32 Å². The Labute approximate surface area is 130 Å². The number of carbonyl (C=O) groups is 2. The Morgan fingerprint density at radius 3 is 2.27 bits per heavy atom. The standard InChI is InChI=1S/C17H21NO4/c1-15(2)16(3)9-10-17(15,22-14(16)20)13(19)18-11-5-7-12(21-4)8-6-11/h5-8H,9-10H2,1-4H3,(H,18,19)/t16-,17-/m0/s1.